The first kappa shape index (κ1) is 18.3. The second-order valence-electron chi connectivity index (χ2n) is 7.09. The van der Waals surface area contributed by atoms with Crippen molar-refractivity contribution in [3.05, 3.63) is 46.9 Å². The number of aliphatic carboxylic acids is 1. The van der Waals surface area contributed by atoms with E-state index in [4.69, 9.17) is 5.11 Å². The van der Waals surface area contributed by atoms with E-state index in [1.807, 2.05) is 32.4 Å². The molecule has 7 heteroatoms. The molecule has 0 bridgehead atoms. The first-order valence-electron chi connectivity index (χ1n) is 8.19. The van der Waals surface area contributed by atoms with E-state index >= 15 is 0 Å². The van der Waals surface area contributed by atoms with Crippen molar-refractivity contribution in [3.63, 3.8) is 0 Å². The third-order valence-electron chi connectivity index (χ3n) is 3.96. The van der Waals surface area contributed by atoms with Crippen LogP contribution >= 0.6 is 11.3 Å². The van der Waals surface area contributed by atoms with Crippen LogP contribution in [0.1, 0.15) is 31.3 Å². The number of thiazole rings is 1. The van der Waals surface area contributed by atoms with Crippen molar-refractivity contribution in [2.45, 2.75) is 39.7 Å². The Hall–Kier alpha value is -2.54. The Labute approximate surface area is 155 Å². The monoisotopic (exact) mass is 373 g/mol. The number of hydrogen-bond acceptors (Lipinski definition) is 4. The lowest BCUT2D eigenvalue weighted by Crippen LogP contribution is -2.24. The molecular weight excluding hydrogens is 353 g/mol. The van der Waals surface area contributed by atoms with Crippen LogP contribution in [-0.2, 0) is 16.8 Å². The molecule has 0 saturated carbocycles. The average Bonchev–Trinajstić information content (AvgIpc) is 3.12. The van der Waals surface area contributed by atoms with Crippen molar-refractivity contribution in [1.82, 2.24) is 14.8 Å². The smallest absolute Gasteiger partial charge is 0.309 e. The Balaban J connectivity index is 2.18. The summed E-state index contributed by atoms with van der Waals surface area (Å²) in [5.74, 6) is -1.21. The zero-order valence-electron chi connectivity index (χ0n) is 15.1. The molecule has 5 nitrogen and oxygen atoms in total. The summed E-state index contributed by atoms with van der Waals surface area (Å²) >= 11 is 1.44. The highest BCUT2D eigenvalue weighted by Gasteiger charge is 2.25. The van der Waals surface area contributed by atoms with E-state index in [-0.39, 0.29) is 17.8 Å². The van der Waals surface area contributed by atoms with Crippen molar-refractivity contribution >= 4 is 17.3 Å². The van der Waals surface area contributed by atoms with Crippen molar-refractivity contribution in [3.8, 4) is 21.8 Å². The second kappa shape index (κ2) is 6.64. The van der Waals surface area contributed by atoms with Gasteiger partial charge in [-0.2, -0.15) is 5.10 Å². The molecule has 26 heavy (non-hydrogen) atoms. The molecule has 0 atom stereocenters. The van der Waals surface area contributed by atoms with Gasteiger partial charge in [-0.05, 0) is 52.0 Å². The lowest BCUT2D eigenvalue weighted by atomic mass is 10.0. The number of carboxylic acid groups (broad SMARTS) is 1. The van der Waals surface area contributed by atoms with Crippen LogP contribution < -0.4 is 0 Å². The van der Waals surface area contributed by atoms with Crippen molar-refractivity contribution in [2.75, 3.05) is 0 Å². The number of carboxylic acids is 1. The quantitative estimate of drug-likeness (QED) is 0.731. The highest BCUT2D eigenvalue weighted by atomic mass is 32.1. The molecule has 2 heterocycles. The topological polar surface area (TPSA) is 68.0 Å². The molecule has 3 rings (SSSR count). The zero-order chi connectivity index (χ0) is 19.1. The number of aromatic nitrogens is 3. The highest BCUT2D eigenvalue weighted by molar-refractivity contribution is 7.15. The van der Waals surface area contributed by atoms with Gasteiger partial charge in [0.1, 0.15) is 10.8 Å². The number of aryl methyl sites for hydroxylation is 1. The SMILES string of the molecule is Cc1sc(-c2cnn(C(C)(C)C)c2-c2ccc(F)cc2)nc1CC(=O)O. The number of carbonyl (C=O) groups is 1. The summed E-state index contributed by atoms with van der Waals surface area (Å²) in [5.41, 5.74) is 2.77. The Bertz CT molecular complexity index is 952. The van der Waals surface area contributed by atoms with Crippen molar-refractivity contribution < 1.29 is 14.3 Å². The van der Waals surface area contributed by atoms with Crippen molar-refractivity contribution in [2.24, 2.45) is 0 Å². The molecule has 0 aliphatic heterocycles. The molecule has 1 aromatic carbocycles. The summed E-state index contributed by atoms with van der Waals surface area (Å²) in [6.45, 7) is 7.99. The normalized spacial score (nSPS) is 11.7. The molecule has 136 valence electrons. The van der Waals surface area contributed by atoms with Gasteiger partial charge in [0.25, 0.3) is 0 Å². The summed E-state index contributed by atoms with van der Waals surface area (Å²) < 4.78 is 15.3. The summed E-state index contributed by atoms with van der Waals surface area (Å²) in [5, 5.41) is 14.3. The number of halogens is 1. The van der Waals surface area contributed by atoms with Crippen LogP contribution in [0.15, 0.2) is 30.5 Å². The van der Waals surface area contributed by atoms with Gasteiger partial charge in [0.2, 0.25) is 0 Å². The van der Waals surface area contributed by atoms with Crippen LogP contribution in [0.2, 0.25) is 0 Å². The zero-order valence-corrected chi connectivity index (χ0v) is 15.9. The number of benzene rings is 1. The summed E-state index contributed by atoms with van der Waals surface area (Å²) in [4.78, 5) is 16.4. The van der Waals surface area contributed by atoms with Crippen LogP contribution in [0.25, 0.3) is 21.8 Å². The summed E-state index contributed by atoms with van der Waals surface area (Å²) in [7, 11) is 0. The average molecular weight is 373 g/mol. The van der Waals surface area contributed by atoms with Crippen LogP contribution in [0.5, 0.6) is 0 Å². The van der Waals surface area contributed by atoms with E-state index in [1.165, 1.54) is 23.5 Å². The van der Waals surface area contributed by atoms with Gasteiger partial charge in [-0.15, -0.1) is 11.3 Å². The van der Waals surface area contributed by atoms with Crippen LogP contribution in [-0.4, -0.2) is 25.8 Å². The first-order valence-corrected chi connectivity index (χ1v) is 9.01. The van der Waals surface area contributed by atoms with E-state index in [2.05, 4.69) is 10.1 Å². The highest BCUT2D eigenvalue weighted by Crippen LogP contribution is 2.38. The Morgan fingerprint density at radius 2 is 1.92 bits per heavy atom. The van der Waals surface area contributed by atoms with Crippen molar-refractivity contribution in [1.29, 1.82) is 0 Å². The largest absolute Gasteiger partial charge is 0.481 e. The predicted octanol–water partition coefficient (Wildman–Crippen LogP) is 4.50. The van der Waals surface area contributed by atoms with Gasteiger partial charge in [0, 0.05) is 10.4 Å². The molecular formula is C19H20FN3O2S. The fourth-order valence-corrected chi connectivity index (χ4v) is 3.69. The molecule has 2 aromatic heterocycles. The van der Waals surface area contributed by atoms with Gasteiger partial charge in [-0.25, -0.2) is 9.37 Å². The van der Waals surface area contributed by atoms with Gasteiger partial charge >= 0.3 is 5.97 Å². The molecule has 0 radical (unpaired) electrons. The molecule has 0 unspecified atom stereocenters. The van der Waals surface area contributed by atoms with Gasteiger partial charge in [0.15, 0.2) is 0 Å². The fourth-order valence-electron chi connectivity index (χ4n) is 2.75. The first-order chi connectivity index (χ1) is 12.2. The third kappa shape index (κ3) is 3.53. The Morgan fingerprint density at radius 3 is 2.50 bits per heavy atom. The van der Waals surface area contributed by atoms with E-state index < -0.39 is 5.97 Å². The molecule has 0 fully saturated rings. The molecule has 0 amide bonds. The van der Waals surface area contributed by atoms with Gasteiger partial charge < -0.3 is 5.11 Å². The maximum Gasteiger partial charge on any atom is 0.309 e. The molecule has 0 aliphatic rings. The minimum Gasteiger partial charge on any atom is -0.481 e. The Kier molecular flexibility index (Phi) is 4.66. The third-order valence-corrected chi connectivity index (χ3v) is 5.01. The number of rotatable bonds is 4. The van der Waals surface area contributed by atoms with Gasteiger partial charge in [-0.1, -0.05) is 0 Å². The lowest BCUT2D eigenvalue weighted by molar-refractivity contribution is -0.136. The van der Waals surface area contributed by atoms with E-state index in [1.54, 1.807) is 18.3 Å². The number of hydrogen-bond donors (Lipinski definition) is 1. The van der Waals surface area contributed by atoms with Crippen LogP contribution in [0.4, 0.5) is 4.39 Å². The van der Waals surface area contributed by atoms with E-state index in [0.717, 1.165) is 21.7 Å². The Morgan fingerprint density at radius 1 is 1.27 bits per heavy atom. The molecule has 3 aromatic rings. The minimum atomic E-state index is -0.908. The number of nitrogens with zero attached hydrogens (tertiary/aromatic N) is 3. The van der Waals surface area contributed by atoms with Gasteiger partial charge in [0.05, 0.1) is 35.1 Å². The molecule has 0 spiro atoms. The standard InChI is InChI=1S/C19H20FN3O2S/c1-11-15(9-16(24)25)22-18(26-11)14-10-21-23(19(2,3)4)17(14)12-5-7-13(20)8-6-12/h5-8,10H,9H2,1-4H3,(H,24,25). The molecule has 1 N–H and O–H groups in total. The lowest BCUT2D eigenvalue weighted by Gasteiger charge is -2.23. The van der Waals surface area contributed by atoms with E-state index in [9.17, 15) is 9.18 Å². The maximum atomic E-state index is 13.4. The molecule has 0 aliphatic carbocycles. The molecule has 0 saturated heterocycles. The van der Waals surface area contributed by atoms with Gasteiger partial charge in [-0.3, -0.25) is 9.48 Å². The van der Waals surface area contributed by atoms with E-state index in [0.29, 0.717) is 10.7 Å². The summed E-state index contributed by atoms with van der Waals surface area (Å²) in [6, 6.07) is 6.28. The maximum absolute atomic E-state index is 13.4. The van der Waals surface area contributed by atoms with Crippen LogP contribution in [0.3, 0.4) is 0 Å². The summed E-state index contributed by atoms with van der Waals surface area (Å²) in [6.07, 6.45) is 1.63. The minimum absolute atomic E-state index is 0.110. The second-order valence-corrected chi connectivity index (χ2v) is 8.29. The fraction of sp³-hybridized carbons (Fsp3) is 0.316. The van der Waals surface area contributed by atoms with Crippen LogP contribution in [0, 0.1) is 12.7 Å². The predicted molar refractivity (Wildman–Crippen MR) is 99.8 cm³/mol.